The standard InChI is InChI=1S/C26H19N3O3S/c1-32-21-14-8-11-19(16-21)28-24(30)22(17-27)26-29(20-12-6-3-7-13-20)25(31)23(33-26)15-18-9-4-2-5-10-18/h2-16H,1H3,(H,28,30)/b23-15+,26-22-. The normalized spacial score (nSPS) is 12.1. The van der Waals surface area contributed by atoms with E-state index in [1.165, 1.54) is 11.7 Å². The van der Waals surface area contributed by atoms with Gasteiger partial charge in [-0.1, -0.05) is 54.6 Å². The fraction of sp³-hybridized carbons (Fsp3) is 0.0385. The molecule has 0 radical (unpaired) electrons. The monoisotopic (exact) mass is 453 g/mol. The Bertz CT molecular complexity index is 1510. The number of hydrogen-bond acceptors (Lipinski definition) is 5. The number of methoxy groups -OCH3 is 1. The van der Waals surface area contributed by atoms with Crippen LogP contribution in [0.25, 0.3) is 17.3 Å². The van der Waals surface area contributed by atoms with Crippen LogP contribution in [0.2, 0.25) is 0 Å². The SMILES string of the molecule is COc1cccc(NC(=O)/C(C#N)=c2\s/c(=C/c3ccccc3)c(=O)n2-c2ccccc2)c1. The van der Waals surface area contributed by atoms with Crippen molar-refractivity contribution in [3.05, 3.63) is 110 Å². The van der Waals surface area contributed by atoms with E-state index in [2.05, 4.69) is 5.32 Å². The minimum absolute atomic E-state index is 0.156. The number of hydrogen-bond donors (Lipinski definition) is 1. The largest absolute Gasteiger partial charge is 0.497 e. The highest BCUT2D eigenvalue weighted by Gasteiger charge is 2.17. The van der Waals surface area contributed by atoms with Crippen LogP contribution in [0, 0.1) is 11.3 Å². The zero-order valence-electron chi connectivity index (χ0n) is 17.7. The van der Waals surface area contributed by atoms with Gasteiger partial charge in [-0.2, -0.15) is 5.26 Å². The molecule has 4 rings (SSSR count). The van der Waals surface area contributed by atoms with Gasteiger partial charge in [0.2, 0.25) is 0 Å². The number of nitrogens with one attached hydrogen (secondary N) is 1. The van der Waals surface area contributed by atoms with E-state index < -0.39 is 5.91 Å². The van der Waals surface area contributed by atoms with Gasteiger partial charge < -0.3 is 10.1 Å². The molecule has 162 valence electrons. The number of nitriles is 1. The lowest BCUT2D eigenvalue weighted by atomic mass is 10.2. The number of carbonyl (C=O) groups excluding carboxylic acids is 1. The van der Waals surface area contributed by atoms with Crippen molar-refractivity contribution >= 4 is 34.6 Å². The summed E-state index contributed by atoms with van der Waals surface area (Å²) in [5.74, 6) is -0.0358. The first-order valence-electron chi connectivity index (χ1n) is 10.0. The maximum absolute atomic E-state index is 13.4. The molecular weight excluding hydrogens is 434 g/mol. The van der Waals surface area contributed by atoms with E-state index in [-0.39, 0.29) is 15.8 Å². The van der Waals surface area contributed by atoms with Crippen molar-refractivity contribution in [1.29, 1.82) is 5.26 Å². The first-order chi connectivity index (χ1) is 16.1. The van der Waals surface area contributed by atoms with Crippen molar-refractivity contribution in [2.24, 2.45) is 0 Å². The maximum Gasteiger partial charge on any atom is 0.273 e. The Morgan fingerprint density at radius 2 is 1.73 bits per heavy atom. The zero-order chi connectivity index (χ0) is 23.2. The smallest absolute Gasteiger partial charge is 0.273 e. The molecule has 0 fully saturated rings. The fourth-order valence-corrected chi connectivity index (χ4v) is 4.35. The van der Waals surface area contributed by atoms with Crippen LogP contribution in [0.3, 0.4) is 0 Å². The van der Waals surface area contributed by atoms with Gasteiger partial charge in [0.25, 0.3) is 11.5 Å². The van der Waals surface area contributed by atoms with E-state index in [1.54, 1.807) is 54.6 Å². The molecule has 6 nitrogen and oxygen atoms in total. The molecule has 1 N–H and O–H groups in total. The van der Waals surface area contributed by atoms with Crippen LogP contribution in [-0.4, -0.2) is 17.6 Å². The molecule has 0 atom stereocenters. The Kier molecular flexibility index (Phi) is 6.48. The predicted octanol–water partition coefficient (Wildman–Crippen LogP) is 3.05. The van der Waals surface area contributed by atoms with Gasteiger partial charge in [-0.05, 0) is 35.9 Å². The van der Waals surface area contributed by atoms with Crippen LogP contribution in [0.4, 0.5) is 5.69 Å². The number of amides is 1. The van der Waals surface area contributed by atoms with Crippen molar-refractivity contribution in [2.75, 3.05) is 12.4 Å². The van der Waals surface area contributed by atoms with E-state index in [0.29, 0.717) is 21.7 Å². The molecule has 0 saturated heterocycles. The number of anilines is 1. The Morgan fingerprint density at radius 1 is 1.03 bits per heavy atom. The molecule has 3 aromatic carbocycles. The molecule has 0 aliphatic carbocycles. The lowest BCUT2D eigenvalue weighted by Gasteiger charge is -2.07. The molecule has 33 heavy (non-hydrogen) atoms. The van der Waals surface area contributed by atoms with Gasteiger partial charge in [0.05, 0.1) is 17.3 Å². The summed E-state index contributed by atoms with van der Waals surface area (Å²) in [4.78, 5) is 26.4. The molecule has 0 unspecified atom stereocenters. The Labute approximate surface area is 193 Å². The average Bonchev–Trinajstić information content (AvgIpc) is 3.16. The Morgan fingerprint density at radius 3 is 2.39 bits per heavy atom. The zero-order valence-corrected chi connectivity index (χ0v) is 18.5. The lowest BCUT2D eigenvalue weighted by molar-refractivity contribution is -0.111. The lowest BCUT2D eigenvalue weighted by Crippen LogP contribution is -2.32. The summed E-state index contributed by atoms with van der Waals surface area (Å²) >= 11 is 1.10. The number of aromatic nitrogens is 1. The molecular formula is C26H19N3O3S. The minimum Gasteiger partial charge on any atom is -0.497 e. The van der Waals surface area contributed by atoms with Gasteiger partial charge in [-0.3, -0.25) is 14.2 Å². The van der Waals surface area contributed by atoms with Gasteiger partial charge in [0, 0.05) is 11.8 Å². The number of ether oxygens (including phenoxy) is 1. The number of carbonyl (C=O) groups is 1. The predicted molar refractivity (Wildman–Crippen MR) is 130 cm³/mol. The third kappa shape index (κ3) is 4.76. The summed E-state index contributed by atoms with van der Waals surface area (Å²) in [6.45, 7) is 0. The molecule has 7 heteroatoms. The maximum atomic E-state index is 13.4. The Hall–Kier alpha value is -4.41. The molecule has 1 heterocycles. The molecule has 0 bridgehead atoms. The van der Waals surface area contributed by atoms with E-state index in [0.717, 1.165) is 16.9 Å². The molecule has 0 saturated carbocycles. The second kappa shape index (κ2) is 9.81. The second-order valence-electron chi connectivity index (χ2n) is 6.98. The van der Waals surface area contributed by atoms with E-state index >= 15 is 0 Å². The van der Waals surface area contributed by atoms with Crippen molar-refractivity contribution in [3.8, 4) is 17.5 Å². The summed E-state index contributed by atoms with van der Waals surface area (Å²) < 4.78 is 7.27. The highest BCUT2D eigenvalue weighted by molar-refractivity contribution is 7.07. The highest BCUT2D eigenvalue weighted by Crippen LogP contribution is 2.17. The highest BCUT2D eigenvalue weighted by atomic mass is 32.1. The summed E-state index contributed by atoms with van der Waals surface area (Å²) in [6.07, 6.45) is 1.75. The first-order valence-corrected chi connectivity index (χ1v) is 10.9. The van der Waals surface area contributed by atoms with Gasteiger partial charge >= 0.3 is 0 Å². The van der Waals surface area contributed by atoms with Gasteiger partial charge in [-0.15, -0.1) is 11.3 Å². The number of thiazole rings is 1. The van der Waals surface area contributed by atoms with Crippen molar-refractivity contribution < 1.29 is 9.53 Å². The van der Waals surface area contributed by atoms with Crippen molar-refractivity contribution in [1.82, 2.24) is 4.57 Å². The fourth-order valence-electron chi connectivity index (χ4n) is 3.25. The quantitative estimate of drug-likeness (QED) is 0.503. The van der Waals surface area contributed by atoms with Gasteiger partial charge in [-0.25, -0.2) is 0 Å². The molecule has 0 aliphatic rings. The van der Waals surface area contributed by atoms with Crippen LogP contribution in [-0.2, 0) is 4.79 Å². The molecule has 0 spiro atoms. The van der Waals surface area contributed by atoms with Crippen LogP contribution in [0.15, 0.2) is 89.7 Å². The van der Waals surface area contributed by atoms with E-state index in [9.17, 15) is 14.9 Å². The van der Waals surface area contributed by atoms with Crippen LogP contribution >= 0.6 is 11.3 Å². The summed E-state index contributed by atoms with van der Waals surface area (Å²) in [6, 6.07) is 27.2. The summed E-state index contributed by atoms with van der Waals surface area (Å²) in [5, 5.41) is 12.6. The number of benzene rings is 3. The third-order valence-corrected chi connectivity index (χ3v) is 5.91. The van der Waals surface area contributed by atoms with Gasteiger partial charge in [0.1, 0.15) is 16.5 Å². The van der Waals surface area contributed by atoms with Crippen molar-refractivity contribution in [2.45, 2.75) is 0 Å². The average molecular weight is 454 g/mol. The molecule has 1 aromatic heterocycles. The van der Waals surface area contributed by atoms with Gasteiger partial charge in [0.15, 0.2) is 5.57 Å². The number of para-hydroxylation sites is 1. The number of nitrogens with zero attached hydrogens (tertiary/aromatic N) is 2. The summed E-state index contributed by atoms with van der Waals surface area (Å²) in [5.41, 5.74) is 1.45. The second-order valence-corrected chi connectivity index (χ2v) is 8.01. The third-order valence-electron chi connectivity index (χ3n) is 4.82. The number of rotatable bonds is 5. The molecule has 0 aliphatic heterocycles. The van der Waals surface area contributed by atoms with Crippen LogP contribution in [0.1, 0.15) is 5.56 Å². The minimum atomic E-state index is -0.608. The topological polar surface area (TPSA) is 84.1 Å². The Balaban J connectivity index is 1.92. The van der Waals surface area contributed by atoms with E-state index in [4.69, 9.17) is 4.74 Å². The van der Waals surface area contributed by atoms with Crippen molar-refractivity contribution in [3.63, 3.8) is 0 Å². The van der Waals surface area contributed by atoms with Crippen LogP contribution < -0.4 is 24.8 Å². The van der Waals surface area contributed by atoms with E-state index in [1.807, 2.05) is 42.5 Å². The molecule has 4 aromatic rings. The summed E-state index contributed by atoms with van der Waals surface area (Å²) in [7, 11) is 1.53. The first kappa shape index (κ1) is 21.8. The molecule has 1 amide bonds. The van der Waals surface area contributed by atoms with Crippen LogP contribution in [0.5, 0.6) is 5.75 Å².